The molecule has 2 fully saturated rings. The summed E-state index contributed by atoms with van der Waals surface area (Å²) in [7, 11) is 2.14. The van der Waals surface area contributed by atoms with Crippen molar-refractivity contribution in [3.05, 3.63) is 0 Å². The molecule has 2 saturated heterocycles. The van der Waals surface area contributed by atoms with Crippen molar-refractivity contribution >= 4 is 13.8 Å². The van der Waals surface area contributed by atoms with Gasteiger partial charge in [0.1, 0.15) is 13.4 Å². The standard InChI is InChI=1S/C14H28BN3O2/c15-6-3-4-11-8-18(10-14(11,16)13(19)20)9-12-5-1-2-7-17-12/h11-12,17H,1-10,15-16H2,(H,19,20)/t11-,12?,14-/m0/s1. The smallest absolute Gasteiger partial charge is 0.325 e. The first-order chi connectivity index (χ1) is 9.56. The van der Waals surface area contributed by atoms with Crippen molar-refractivity contribution in [1.82, 2.24) is 10.2 Å². The third kappa shape index (κ3) is 3.54. The number of carboxylic acid groups (broad SMARTS) is 1. The number of carbonyl (C=O) groups is 1. The van der Waals surface area contributed by atoms with Gasteiger partial charge in [0.15, 0.2) is 0 Å². The molecule has 0 amide bonds. The Morgan fingerprint density at radius 1 is 1.50 bits per heavy atom. The van der Waals surface area contributed by atoms with Crippen molar-refractivity contribution in [3.8, 4) is 0 Å². The Morgan fingerprint density at radius 2 is 2.30 bits per heavy atom. The van der Waals surface area contributed by atoms with Crippen molar-refractivity contribution < 1.29 is 9.90 Å². The Morgan fingerprint density at radius 3 is 2.90 bits per heavy atom. The van der Waals surface area contributed by atoms with Crippen molar-refractivity contribution in [2.24, 2.45) is 11.7 Å². The summed E-state index contributed by atoms with van der Waals surface area (Å²) in [4.78, 5) is 13.8. The Kier molecular flexibility index (Phi) is 5.46. The van der Waals surface area contributed by atoms with E-state index in [1.807, 2.05) is 0 Å². The van der Waals surface area contributed by atoms with Gasteiger partial charge in [0.05, 0.1) is 0 Å². The second-order valence-corrected chi connectivity index (χ2v) is 6.53. The molecule has 3 atom stereocenters. The molecule has 0 aliphatic carbocycles. The van der Waals surface area contributed by atoms with Crippen LogP contribution in [0.25, 0.3) is 0 Å². The Balaban J connectivity index is 1.94. The van der Waals surface area contributed by atoms with Gasteiger partial charge in [0, 0.05) is 31.6 Å². The van der Waals surface area contributed by atoms with Gasteiger partial charge >= 0.3 is 5.97 Å². The van der Waals surface area contributed by atoms with Crippen molar-refractivity contribution in [3.63, 3.8) is 0 Å². The lowest BCUT2D eigenvalue weighted by Crippen LogP contribution is -2.55. The van der Waals surface area contributed by atoms with Crippen LogP contribution in [-0.2, 0) is 4.79 Å². The molecular formula is C14H28BN3O2. The molecule has 0 aromatic carbocycles. The minimum atomic E-state index is -1.05. The maximum absolute atomic E-state index is 11.6. The monoisotopic (exact) mass is 281 g/mol. The first-order valence-electron chi connectivity index (χ1n) is 8.04. The number of piperidine rings is 1. The van der Waals surface area contributed by atoms with Crippen LogP contribution in [0.5, 0.6) is 0 Å². The third-order valence-electron chi connectivity index (χ3n) is 4.89. The number of rotatable bonds is 6. The van der Waals surface area contributed by atoms with Crippen LogP contribution in [0, 0.1) is 5.92 Å². The van der Waals surface area contributed by atoms with Gasteiger partial charge in [-0.2, -0.15) is 0 Å². The number of aliphatic carboxylic acids is 1. The van der Waals surface area contributed by atoms with Crippen LogP contribution in [-0.4, -0.2) is 61.6 Å². The number of likely N-dealkylation sites (tertiary alicyclic amines) is 1. The second kappa shape index (κ2) is 6.92. The number of nitrogens with zero attached hydrogens (tertiary/aromatic N) is 1. The number of hydrogen-bond acceptors (Lipinski definition) is 4. The van der Waals surface area contributed by atoms with E-state index >= 15 is 0 Å². The van der Waals surface area contributed by atoms with Crippen LogP contribution in [0.2, 0.25) is 6.32 Å². The topological polar surface area (TPSA) is 78.6 Å². The van der Waals surface area contributed by atoms with E-state index in [2.05, 4.69) is 18.1 Å². The molecule has 0 bridgehead atoms. The highest BCUT2D eigenvalue weighted by Crippen LogP contribution is 2.30. The summed E-state index contributed by atoms with van der Waals surface area (Å²) >= 11 is 0. The first-order valence-corrected chi connectivity index (χ1v) is 8.04. The predicted octanol–water partition coefficient (Wildman–Crippen LogP) is -0.326. The zero-order chi connectivity index (χ0) is 14.6. The van der Waals surface area contributed by atoms with E-state index in [0.717, 1.165) is 38.8 Å². The molecule has 5 nitrogen and oxygen atoms in total. The van der Waals surface area contributed by atoms with E-state index in [4.69, 9.17) is 5.73 Å². The van der Waals surface area contributed by atoms with Crippen LogP contribution in [0.1, 0.15) is 32.1 Å². The van der Waals surface area contributed by atoms with Crippen molar-refractivity contribution in [2.75, 3.05) is 26.2 Å². The summed E-state index contributed by atoms with van der Waals surface area (Å²) in [6.45, 7) is 3.36. The molecule has 0 aromatic heterocycles. The van der Waals surface area contributed by atoms with Crippen LogP contribution >= 0.6 is 0 Å². The van der Waals surface area contributed by atoms with Crippen LogP contribution in [0.3, 0.4) is 0 Å². The largest absolute Gasteiger partial charge is 0.480 e. The summed E-state index contributed by atoms with van der Waals surface area (Å²) in [6, 6.07) is 0.506. The fourth-order valence-electron chi connectivity index (χ4n) is 3.61. The zero-order valence-corrected chi connectivity index (χ0v) is 12.6. The van der Waals surface area contributed by atoms with E-state index in [9.17, 15) is 9.90 Å². The minimum Gasteiger partial charge on any atom is -0.480 e. The number of hydrogen-bond donors (Lipinski definition) is 3. The Hall–Kier alpha value is -0.585. The molecule has 0 spiro atoms. The molecule has 20 heavy (non-hydrogen) atoms. The fraction of sp³-hybridized carbons (Fsp3) is 0.929. The number of carboxylic acids is 1. The molecule has 0 saturated carbocycles. The van der Waals surface area contributed by atoms with Gasteiger partial charge in [0.25, 0.3) is 0 Å². The van der Waals surface area contributed by atoms with Gasteiger partial charge in [-0.15, -0.1) is 0 Å². The van der Waals surface area contributed by atoms with Gasteiger partial charge in [-0.3, -0.25) is 9.69 Å². The van der Waals surface area contributed by atoms with E-state index in [1.165, 1.54) is 19.3 Å². The number of nitrogens with one attached hydrogen (secondary N) is 1. The molecule has 4 N–H and O–H groups in total. The average molecular weight is 281 g/mol. The summed E-state index contributed by atoms with van der Waals surface area (Å²) in [5, 5.41) is 13.0. The SMILES string of the molecule is BCCC[C@H]1CN(CC2CCCCN2)C[C@@]1(N)C(=O)O. The molecular weight excluding hydrogens is 253 g/mol. The van der Waals surface area contributed by atoms with E-state index < -0.39 is 11.5 Å². The Bertz CT molecular complexity index is 336. The van der Waals surface area contributed by atoms with Gasteiger partial charge in [-0.25, -0.2) is 0 Å². The van der Waals surface area contributed by atoms with Gasteiger partial charge < -0.3 is 16.2 Å². The lowest BCUT2D eigenvalue weighted by Gasteiger charge is -2.28. The highest BCUT2D eigenvalue weighted by Gasteiger charge is 2.49. The van der Waals surface area contributed by atoms with E-state index in [0.29, 0.717) is 12.6 Å². The van der Waals surface area contributed by atoms with Crippen molar-refractivity contribution in [2.45, 2.75) is 50.0 Å². The Labute approximate surface area is 122 Å². The summed E-state index contributed by atoms with van der Waals surface area (Å²) in [6.07, 6.45) is 6.81. The molecule has 114 valence electrons. The summed E-state index contributed by atoms with van der Waals surface area (Å²) in [5.41, 5.74) is 5.17. The normalized spacial score (nSPS) is 35.2. The highest BCUT2D eigenvalue weighted by molar-refractivity contribution is 6.08. The summed E-state index contributed by atoms with van der Waals surface area (Å²) in [5.74, 6) is -0.749. The highest BCUT2D eigenvalue weighted by atomic mass is 16.4. The zero-order valence-electron chi connectivity index (χ0n) is 12.6. The van der Waals surface area contributed by atoms with Crippen molar-refractivity contribution in [1.29, 1.82) is 0 Å². The second-order valence-electron chi connectivity index (χ2n) is 6.53. The van der Waals surface area contributed by atoms with Crippen LogP contribution in [0.4, 0.5) is 0 Å². The minimum absolute atomic E-state index is 0.0866. The maximum atomic E-state index is 11.6. The predicted molar refractivity (Wildman–Crippen MR) is 82.7 cm³/mol. The summed E-state index contributed by atoms with van der Waals surface area (Å²) < 4.78 is 0. The van der Waals surface area contributed by atoms with Gasteiger partial charge in [0.2, 0.25) is 0 Å². The quantitative estimate of drug-likeness (QED) is 0.581. The molecule has 0 aromatic rings. The van der Waals surface area contributed by atoms with Crippen LogP contribution in [0.15, 0.2) is 0 Å². The molecule has 2 rings (SSSR count). The average Bonchev–Trinajstić information content (AvgIpc) is 2.75. The van der Waals surface area contributed by atoms with Gasteiger partial charge in [-0.1, -0.05) is 19.2 Å². The first kappa shape index (κ1) is 15.8. The van der Waals surface area contributed by atoms with Crippen LogP contribution < -0.4 is 11.1 Å². The third-order valence-corrected chi connectivity index (χ3v) is 4.89. The van der Waals surface area contributed by atoms with E-state index in [-0.39, 0.29) is 5.92 Å². The molecule has 6 heteroatoms. The molecule has 1 unspecified atom stereocenters. The number of nitrogens with two attached hydrogens (primary N) is 1. The van der Waals surface area contributed by atoms with E-state index in [1.54, 1.807) is 0 Å². The molecule has 2 aliphatic heterocycles. The molecule has 2 aliphatic rings. The maximum Gasteiger partial charge on any atom is 0.325 e. The molecule has 2 heterocycles. The fourth-order valence-corrected chi connectivity index (χ4v) is 3.61. The molecule has 0 radical (unpaired) electrons. The lowest BCUT2D eigenvalue weighted by atomic mass is 9.83. The van der Waals surface area contributed by atoms with Gasteiger partial charge in [-0.05, 0) is 25.8 Å². The lowest BCUT2D eigenvalue weighted by molar-refractivity contribution is -0.144.